The molecule has 4 rings (SSSR count). The van der Waals surface area contributed by atoms with Gasteiger partial charge in [0.05, 0.1) is 6.04 Å². The summed E-state index contributed by atoms with van der Waals surface area (Å²) in [7, 11) is 7.86. The van der Waals surface area contributed by atoms with Gasteiger partial charge in [0.15, 0.2) is 5.78 Å². The van der Waals surface area contributed by atoms with E-state index in [1.807, 2.05) is 78.8 Å². The largest absolute Gasteiger partial charge is 0.334 e. The zero-order valence-corrected chi connectivity index (χ0v) is 50.0. The number of likely N-dealkylation sites (N-methyl/N-ethyl adjacent to an activating group) is 5. The van der Waals surface area contributed by atoms with Gasteiger partial charge >= 0.3 is 0 Å². The zero-order valence-electron chi connectivity index (χ0n) is 50.0. The number of likely N-dealkylation sites (tertiary alicyclic amines) is 3. The lowest BCUT2D eigenvalue weighted by atomic mass is 9.91. The molecule has 1 aromatic rings. The third-order valence-corrected chi connectivity index (χ3v) is 17.0. The first-order valence-corrected chi connectivity index (χ1v) is 29.0. The van der Waals surface area contributed by atoms with Crippen LogP contribution in [0.2, 0.25) is 0 Å². The van der Waals surface area contributed by atoms with Gasteiger partial charge in [-0.1, -0.05) is 125 Å². The summed E-state index contributed by atoms with van der Waals surface area (Å²) in [5.41, 5.74) is 0.803. The first kappa shape index (κ1) is 64.2. The highest BCUT2D eigenvalue weighted by Gasteiger charge is 2.48. The van der Waals surface area contributed by atoms with E-state index in [0.717, 1.165) is 24.8 Å². The summed E-state index contributed by atoms with van der Waals surface area (Å²) in [5, 5.41) is 0. The number of ketones is 1. The number of rotatable bonds is 26. The Morgan fingerprint density at radius 1 is 0.532 bits per heavy atom. The van der Waals surface area contributed by atoms with E-state index in [1.165, 1.54) is 50.7 Å². The number of unbranched alkanes of at least 4 members (excludes halogenated alkanes) is 3. The van der Waals surface area contributed by atoms with Gasteiger partial charge in [-0.2, -0.15) is 0 Å². The lowest BCUT2D eigenvalue weighted by molar-refractivity contribution is -0.159. The Labute approximate surface area is 462 Å². The molecule has 0 radical (unpaired) electrons. The fourth-order valence-electron chi connectivity index (χ4n) is 12.4. The van der Waals surface area contributed by atoms with Crippen LogP contribution in [-0.4, -0.2) is 195 Å². The molecule has 3 aliphatic rings. The second kappa shape index (κ2) is 29.0. The molecular formula is C60H98N8O9. The van der Waals surface area contributed by atoms with Gasteiger partial charge in [-0.05, 0) is 88.0 Å². The van der Waals surface area contributed by atoms with E-state index in [0.29, 0.717) is 64.1 Å². The summed E-state index contributed by atoms with van der Waals surface area (Å²) in [4.78, 5) is 141. The monoisotopic (exact) mass is 1070 g/mol. The normalized spacial score (nSPS) is 20.4. The molecule has 77 heavy (non-hydrogen) atoms. The van der Waals surface area contributed by atoms with Crippen LogP contribution in [0.5, 0.6) is 0 Å². The maximum absolute atomic E-state index is 15.1. The van der Waals surface area contributed by atoms with Crippen molar-refractivity contribution in [1.82, 2.24) is 39.2 Å². The quantitative estimate of drug-likeness (QED) is 0.0931. The van der Waals surface area contributed by atoms with Crippen LogP contribution in [0.1, 0.15) is 159 Å². The van der Waals surface area contributed by atoms with E-state index < -0.39 is 89.7 Å². The van der Waals surface area contributed by atoms with Crippen molar-refractivity contribution in [3.63, 3.8) is 0 Å². The molecular weight excluding hydrogens is 977 g/mol. The van der Waals surface area contributed by atoms with Crippen molar-refractivity contribution in [1.29, 1.82) is 0 Å². The SMILES string of the molecule is CCCCCC[C@H](C)C[C@@H](C)C(=O)N(C)[C@@H](C)C(=O)N1CCC[C@H]1C(=O)N(C)[C@H](C(=O)N(C)[C@H](C(=O)N(C)[C@H](C(=O)N(C)[C@@H](Cc1ccccc1)C(=O)N1CCC[C@H]1C(=O)N1CCCC1C(C)=O)C(C)C)C(C)C)C(C)C. The van der Waals surface area contributed by atoms with Crippen LogP contribution < -0.4 is 0 Å². The predicted octanol–water partition coefficient (Wildman–Crippen LogP) is 6.55. The predicted molar refractivity (Wildman–Crippen MR) is 300 cm³/mol. The molecule has 0 aromatic heterocycles. The van der Waals surface area contributed by atoms with Gasteiger partial charge in [-0.3, -0.25) is 43.2 Å². The maximum atomic E-state index is 15.1. The summed E-state index contributed by atoms with van der Waals surface area (Å²) in [6, 6.07) is 2.19. The van der Waals surface area contributed by atoms with Crippen LogP contribution in [0.3, 0.4) is 0 Å². The summed E-state index contributed by atoms with van der Waals surface area (Å²) in [6.45, 7) is 21.5. The molecule has 3 heterocycles. The average molecular weight is 1080 g/mol. The third-order valence-electron chi connectivity index (χ3n) is 17.0. The summed E-state index contributed by atoms with van der Waals surface area (Å²) in [6.07, 6.45) is 9.90. The molecule has 3 fully saturated rings. The molecule has 0 N–H and O–H groups in total. The standard InChI is InChI=1S/C60H98N8O9/c1-17-18-19-21-27-41(8)36-42(9)53(70)61(12)43(10)54(71)67-34-25-31-47(67)55(72)63(14)51(39(4)5)59(76)65(16)52(40(6)7)60(77)64(15)50(38(2)3)58(75)62(13)49(37-45-28-22-20-23-29-45)57(74)68-35-26-32-48(68)56(73)66-33-24-30-46(66)44(11)69/h20,22-23,28-29,38-43,46-52H,17-19,21,24-27,30-37H2,1-16H3/t41-,42+,43-,46?,47-,48-,49-,50-,51-,52-/m0/s1. The Balaban J connectivity index is 1.54. The minimum Gasteiger partial charge on any atom is -0.334 e. The number of nitrogens with zero attached hydrogens (tertiary/aromatic N) is 8. The van der Waals surface area contributed by atoms with Gasteiger partial charge in [0.25, 0.3) is 0 Å². The fraction of sp³-hybridized carbons (Fsp3) is 0.750. The molecule has 17 nitrogen and oxygen atoms in total. The highest BCUT2D eigenvalue weighted by Crippen LogP contribution is 2.30. The van der Waals surface area contributed by atoms with E-state index in [9.17, 15) is 33.6 Å². The number of hydrogen-bond acceptors (Lipinski definition) is 9. The number of hydrogen-bond donors (Lipinski definition) is 0. The fourth-order valence-corrected chi connectivity index (χ4v) is 12.4. The van der Waals surface area contributed by atoms with Gasteiger partial charge in [0.2, 0.25) is 47.3 Å². The minimum absolute atomic E-state index is 0.0849. The van der Waals surface area contributed by atoms with Crippen molar-refractivity contribution in [3.05, 3.63) is 35.9 Å². The van der Waals surface area contributed by atoms with Crippen LogP contribution >= 0.6 is 0 Å². The Hall–Kier alpha value is -5.35. The van der Waals surface area contributed by atoms with Crippen LogP contribution in [0.25, 0.3) is 0 Å². The molecule has 10 atom stereocenters. The highest BCUT2D eigenvalue weighted by molar-refractivity contribution is 5.98. The number of benzene rings is 1. The number of amides is 8. The second-order valence-electron chi connectivity index (χ2n) is 24.0. The van der Waals surface area contributed by atoms with Gasteiger partial charge in [0, 0.05) is 67.2 Å². The first-order chi connectivity index (χ1) is 36.2. The third kappa shape index (κ3) is 15.5. The molecule has 0 aliphatic carbocycles. The topological polar surface area (TPSA) is 180 Å². The van der Waals surface area contributed by atoms with E-state index in [-0.39, 0.29) is 41.8 Å². The summed E-state index contributed by atoms with van der Waals surface area (Å²) >= 11 is 0. The van der Waals surface area contributed by atoms with Crippen molar-refractivity contribution in [2.45, 2.75) is 208 Å². The molecule has 3 aliphatic heterocycles. The Morgan fingerprint density at radius 2 is 1.00 bits per heavy atom. The lowest BCUT2D eigenvalue weighted by Crippen LogP contribution is -2.62. The van der Waals surface area contributed by atoms with E-state index in [1.54, 1.807) is 56.9 Å². The maximum Gasteiger partial charge on any atom is 0.246 e. The van der Waals surface area contributed by atoms with Gasteiger partial charge in [-0.15, -0.1) is 0 Å². The van der Waals surface area contributed by atoms with Crippen LogP contribution in [0.15, 0.2) is 30.3 Å². The van der Waals surface area contributed by atoms with Crippen molar-refractivity contribution < 1.29 is 43.2 Å². The van der Waals surface area contributed by atoms with Crippen LogP contribution in [-0.2, 0) is 49.6 Å². The number of Topliss-reactive ketones (excluding diaryl/α,β-unsaturated/α-hetero) is 1. The highest BCUT2D eigenvalue weighted by atomic mass is 16.2. The Kier molecular flexibility index (Phi) is 24.2. The average Bonchev–Trinajstić information content (AvgIpc) is 4.21. The van der Waals surface area contributed by atoms with Gasteiger partial charge in [-0.25, -0.2) is 0 Å². The van der Waals surface area contributed by atoms with Gasteiger partial charge in [0.1, 0.15) is 42.3 Å². The zero-order chi connectivity index (χ0) is 57.7. The van der Waals surface area contributed by atoms with E-state index in [4.69, 9.17) is 0 Å². The van der Waals surface area contributed by atoms with Gasteiger partial charge < -0.3 is 39.2 Å². The minimum atomic E-state index is -1.07. The second-order valence-corrected chi connectivity index (χ2v) is 24.0. The van der Waals surface area contributed by atoms with Crippen molar-refractivity contribution in [3.8, 4) is 0 Å². The molecule has 8 amide bonds. The van der Waals surface area contributed by atoms with Crippen LogP contribution in [0.4, 0.5) is 0 Å². The molecule has 0 bridgehead atoms. The van der Waals surface area contributed by atoms with E-state index >= 15 is 9.59 Å². The van der Waals surface area contributed by atoms with Crippen molar-refractivity contribution >= 4 is 53.0 Å². The first-order valence-electron chi connectivity index (χ1n) is 29.0. The molecule has 3 saturated heterocycles. The summed E-state index contributed by atoms with van der Waals surface area (Å²) < 4.78 is 0. The molecule has 1 unspecified atom stereocenters. The molecule has 17 heteroatoms. The molecule has 1 aromatic carbocycles. The smallest absolute Gasteiger partial charge is 0.246 e. The summed E-state index contributed by atoms with van der Waals surface area (Å²) in [5.74, 6) is -4.20. The number of carbonyl (C=O) groups is 9. The number of carbonyl (C=O) groups excluding carboxylic acids is 9. The van der Waals surface area contributed by atoms with E-state index in [2.05, 4.69) is 13.8 Å². The molecule has 0 spiro atoms. The Bertz CT molecular complexity index is 2200. The van der Waals surface area contributed by atoms with Crippen LogP contribution in [0, 0.1) is 29.6 Å². The molecule has 0 saturated carbocycles. The van der Waals surface area contributed by atoms with Crippen molar-refractivity contribution in [2.24, 2.45) is 29.6 Å². The lowest BCUT2D eigenvalue weighted by Gasteiger charge is -2.42. The molecule has 432 valence electrons. The Morgan fingerprint density at radius 3 is 1.51 bits per heavy atom. The van der Waals surface area contributed by atoms with Crippen molar-refractivity contribution in [2.75, 3.05) is 54.9 Å².